The molecule has 2 aromatic rings. The molecule has 26 heavy (non-hydrogen) atoms. The van der Waals surface area contributed by atoms with Gasteiger partial charge < -0.3 is 9.64 Å². The van der Waals surface area contributed by atoms with Crippen molar-refractivity contribution in [2.45, 2.75) is 33.2 Å². The van der Waals surface area contributed by atoms with E-state index in [-0.39, 0.29) is 18.0 Å². The van der Waals surface area contributed by atoms with E-state index in [1.807, 2.05) is 36.1 Å². The number of nitrogens with zero attached hydrogens (tertiary/aromatic N) is 3. The lowest BCUT2D eigenvalue weighted by Crippen LogP contribution is -2.41. The minimum absolute atomic E-state index is 0.0189. The fraction of sp³-hybridized carbons (Fsp3) is 0.450. The average Bonchev–Trinajstić information content (AvgIpc) is 2.65. The Morgan fingerprint density at radius 2 is 1.92 bits per heavy atom. The Hall–Kier alpha value is -2.63. The number of rotatable bonds is 5. The summed E-state index contributed by atoms with van der Waals surface area (Å²) >= 11 is 0. The topological polar surface area (TPSA) is 64.4 Å². The van der Waals surface area contributed by atoms with Crippen LogP contribution in [-0.2, 0) is 11.3 Å². The monoisotopic (exact) mass is 355 g/mol. The molecule has 6 heteroatoms. The van der Waals surface area contributed by atoms with Crippen molar-refractivity contribution in [3.8, 4) is 17.0 Å². The summed E-state index contributed by atoms with van der Waals surface area (Å²) in [5, 5.41) is 0. The quantitative estimate of drug-likeness (QED) is 0.827. The first-order valence-corrected chi connectivity index (χ1v) is 9.14. The molecule has 2 heterocycles. The zero-order valence-electron chi connectivity index (χ0n) is 15.4. The second-order valence-corrected chi connectivity index (χ2v) is 6.76. The van der Waals surface area contributed by atoms with Crippen molar-refractivity contribution in [3.05, 3.63) is 47.0 Å². The van der Waals surface area contributed by atoms with Gasteiger partial charge in [0.15, 0.2) is 0 Å². The zero-order valence-corrected chi connectivity index (χ0v) is 15.4. The number of amides is 1. The van der Waals surface area contributed by atoms with Crippen LogP contribution >= 0.6 is 0 Å². The molecule has 1 amide bonds. The minimum Gasteiger partial charge on any atom is -0.494 e. The van der Waals surface area contributed by atoms with Gasteiger partial charge in [0.25, 0.3) is 5.56 Å². The molecule has 0 aliphatic carbocycles. The summed E-state index contributed by atoms with van der Waals surface area (Å²) in [5.41, 5.74) is 1.21. The van der Waals surface area contributed by atoms with Crippen molar-refractivity contribution < 1.29 is 9.53 Å². The third-order valence-corrected chi connectivity index (χ3v) is 4.78. The standard InChI is InChI=1S/C20H25N3O3/c1-3-26-17-6-4-16(5-7-17)18-12-19(24)23(14-21-18)13-20(25)22-10-8-15(2)9-11-22/h4-7,12,14-15H,3,8-11,13H2,1-2H3. The molecule has 0 bridgehead atoms. The molecular formula is C20H25N3O3. The van der Waals surface area contributed by atoms with Crippen molar-refractivity contribution in [2.75, 3.05) is 19.7 Å². The van der Waals surface area contributed by atoms with E-state index in [0.29, 0.717) is 18.2 Å². The van der Waals surface area contributed by atoms with Crippen molar-refractivity contribution in [3.63, 3.8) is 0 Å². The third kappa shape index (κ3) is 4.31. The van der Waals surface area contributed by atoms with Crippen LogP contribution in [0.5, 0.6) is 5.75 Å². The van der Waals surface area contributed by atoms with Gasteiger partial charge in [-0.15, -0.1) is 0 Å². The van der Waals surface area contributed by atoms with E-state index < -0.39 is 0 Å². The number of aromatic nitrogens is 2. The second-order valence-electron chi connectivity index (χ2n) is 6.76. The SMILES string of the molecule is CCOc1ccc(-c2cc(=O)n(CC(=O)N3CCC(C)CC3)cn2)cc1. The van der Waals surface area contributed by atoms with Crippen LogP contribution < -0.4 is 10.3 Å². The van der Waals surface area contributed by atoms with E-state index in [1.165, 1.54) is 17.0 Å². The Balaban J connectivity index is 1.69. The molecule has 6 nitrogen and oxygen atoms in total. The van der Waals surface area contributed by atoms with Gasteiger partial charge in [-0.1, -0.05) is 6.92 Å². The summed E-state index contributed by atoms with van der Waals surface area (Å²) < 4.78 is 6.79. The number of hydrogen-bond acceptors (Lipinski definition) is 4. The number of carbonyl (C=O) groups excluding carboxylic acids is 1. The molecule has 1 aliphatic rings. The summed E-state index contributed by atoms with van der Waals surface area (Å²) in [6, 6.07) is 8.93. The molecule has 0 N–H and O–H groups in total. The number of benzene rings is 1. The number of piperidine rings is 1. The van der Waals surface area contributed by atoms with E-state index in [2.05, 4.69) is 11.9 Å². The van der Waals surface area contributed by atoms with Gasteiger partial charge in [0.1, 0.15) is 12.3 Å². The lowest BCUT2D eigenvalue weighted by molar-refractivity contribution is -0.133. The Morgan fingerprint density at radius 3 is 2.54 bits per heavy atom. The molecule has 0 radical (unpaired) electrons. The van der Waals surface area contributed by atoms with Crippen molar-refractivity contribution >= 4 is 5.91 Å². The average molecular weight is 355 g/mol. The Morgan fingerprint density at radius 1 is 1.23 bits per heavy atom. The molecule has 0 spiro atoms. The summed E-state index contributed by atoms with van der Waals surface area (Å²) in [5.74, 6) is 1.43. The highest BCUT2D eigenvalue weighted by Crippen LogP contribution is 2.20. The Labute approximate surface area is 153 Å². The number of carbonyl (C=O) groups is 1. The first kappa shape index (κ1) is 18.2. The fourth-order valence-electron chi connectivity index (χ4n) is 3.09. The van der Waals surface area contributed by atoms with Crippen LogP contribution in [0.4, 0.5) is 0 Å². The first-order valence-electron chi connectivity index (χ1n) is 9.14. The summed E-state index contributed by atoms with van der Waals surface area (Å²) in [4.78, 5) is 31.0. The molecule has 3 rings (SSSR count). The van der Waals surface area contributed by atoms with E-state index in [1.54, 1.807) is 0 Å². The summed E-state index contributed by atoms with van der Waals surface area (Å²) in [6.07, 6.45) is 3.50. The maximum atomic E-state index is 12.4. The van der Waals surface area contributed by atoms with Gasteiger partial charge in [0.2, 0.25) is 5.91 Å². The molecule has 0 atom stereocenters. The van der Waals surface area contributed by atoms with Gasteiger partial charge in [-0.3, -0.25) is 14.2 Å². The number of ether oxygens (including phenoxy) is 1. The van der Waals surface area contributed by atoms with E-state index >= 15 is 0 Å². The van der Waals surface area contributed by atoms with Crippen LogP contribution in [0.25, 0.3) is 11.3 Å². The highest BCUT2D eigenvalue weighted by molar-refractivity contribution is 5.76. The third-order valence-electron chi connectivity index (χ3n) is 4.78. The maximum absolute atomic E-state index is 12.4. The molecule has 1 aromatic heterocycles. The van der Waals surface area contributed by atoms with Crippen molar-refractivity contribution in [1.29, 1.82) is 0 Å². The van der Waals surface area contributed by atoms with Crippen LogP contribution in [0, 0.1) is 5.92 Å². The van der Waals surface area contributed by atoms with Gasteiger partial charge in [0, 0.05) is 24.7 Å². The number of likely N-dealkylation sites (tertiary alicyclic amines) is 1. The van der Waals surface area contributed by atoms with Crippen LogP contribution in [0.3, 0.4) is 0 Å². The summed E-state index contributed by atoms with van der Waals surface area (Å²) in [7, 11) is 0. The predicted molar refractivity (Wildman–Crippen MR) is 100 cm³/mol. The van der Waals surface area contributed by atoms with Gasteiger partial charge in [-0.05, 0) is 49.9 Å². The lowest BCUT2D eigenvalue weighted by atomic mass is 9.99. The maximum Gasteiger partial charge on any atom is 0.254 e. The highest BCUT2D eigenvalue weighted by Gasteiger charge is 2.20. The van der Waals surface area contributed by atoms with Crippen LogP contribution in [-0.4, -0.2) is 40.1 Å². The first-order chi connectivity index (χ1) is 12.6. The smallest absolute Gasteiger partial charge is 0.254 e. The minimum atomic E-state index is -0.220. The van der Waals surface area contributed by atoms with E-state index in [0.717, 1.165) is 37.2 Å². The van der Waals surface area contributed by atoms with E-state index in [9.17, 15) is 9.59 Å². The van der Waals surface area contributed by atoms with Crippen molar-refractivity contribution in [2.24, 2.45) is 5.92 Å². The Kier molecular flexibility index (Phi) is 5.71. The molecule has 1 aliphatic heterocycles. The molecule has 1 fully saturated rings. The van der Waals surface area contributed by atoms with Crippen LogP contribution in [0.2, 0.25) is 0 Å². The molecule has 1 aromatic carbocycles. The predicted octanol–water partition coefficient (Wildman–Crippen LogP) is 2.57. The Bertz CT molecular complexity index is 806. The highest BCUT2D eigenvalue weighted by atomic mass is 16.5. The zero-order chi connectivity index (χ0) is 18.5. The van der Waals surface area contributed by atoms with Crippen LogP contribution in [0.1, 0.15) is 26.7 Å². The van der Waals surface area contributed by atoms with Gasteiger partial charge >= 0.3 is 0 Å². The molecule has 1 saturated heterocycles. The second kappa shape index (κ2) is 8.17. The van der Waals surface area contributed by atoms with Gasteiger partial charge in [-0.25, -0.2) is 4.98 Å². The lowest BCUT2D eigenvalue weighted by Gasteiger charge is -2.30. The van der Waals surface area contributed by atoms with E-state index in [4.69, 9.17) is 4.74 Å². The molecule has 0 saturated carbocycles. The van der Waals surface area contributed by atoms with Crippen LogP contribution in [0.15, 0.2) is 41.5 Å². The van der Waals surface area contributed by atoms with Crippen molar-refractivity contribution in [1.82, 2.24) is 14.5 Å². The molecule has 138 valence electrons. The van der Waals surface area contributed by atoms with Gasteiger partial charge in [-0.2, -0.15) is 0 Å². The van der Waals surface area contributed by atoms with Gasteiger partial charge in [0.05, 0.1) is 18.6 Å². The normalized spacial score (nSPS) is 15.1. The molecular weight excluding hydrogens is 330 g/mol. The fourth-order valence-corrected chi connectivity index (χ4v) is 3.09. The molecule has 0 unspecified atom stereocenters. The largest absolute Gasteiger partial charge is 0.494 e. The number of hydrogen-bond donors (Lipinski definition) is 0. The summed E-state index contributed by atoms with van der Waals surface area (Å²) in [6.45, 7) is 6.33.